The van der Waals surface area contributed by atoms with E-state index in [-0.39, 0.29) is 11.2 Å². The number of aromatic hydroxyl groups is 1. The molecule has 0 unspecified atom stereocenters. The van der Waals surface area contributed by atoms with Gasteiger partial charge in [0.2, 0.25) is 0 Å². The molecule has 1 aromatic carbocycles. The molecule has 4 heteroatoms. The van der Waals surface area contributed by atoms with Gasteiger partial charge >= 0.3 is 0 Å². The topological polar surface area (TPSA) is 33.1 Å². The van der Waals surface area contributed by atoms with Crippen LogP contribution >= 0.6 is 11.3 Å². The van der Waals surface area contributed by atoms with Gasteiger partial charge in [-0.2, -0.15) is 0 Å². The van der Waals surface area contributed by atoms with E-state index < -0.39 is 5.82 Å². The summed E-state index contributed by atoms with van der Waals surface area (Å²) in [5.74, 6) is -0.895. The second kappa shape index (κ2) is 4.69. The summed E-state index contributed by atoms with van der Waals surface area (Å²) in [7, 11) is 0. The first-order chi connectivity index (χ1) is 8.36. The molecule has 2 rings (SSSR count). The summed E-state index contributed by atoms with van der Waals surface area (Å²) < 4.78 is 13.2. The fraction of sp³-hybridized carbons (Fsp3) is 0.357. The molecule has 2 aromatic rings. The lowest BCUT2D eigenvalue weighted by Crippen LogP contribution is -2.11. The van der Waals surface area contributed by atoms with E-state index in [0.29, 0.717) is 6.42 Å². The van der Waals surface area contributed by atoms with Crippen LogP contribution in [-0.4, -0.2) is 10.1 Å². The number of phenols is 1. The van der Waals surface area contributed by atoms with Crippen LogP contribution in [0.4, 0.5) is 4.39 Å². The largest absolute Gasteiger partial charge is 0.505 e. The molecule has 18 heavy (non-hydrogen) atoms. The van der Waals surface area contributed by atoms with Gasteiger partial charge in [-0.3, -0.25) is 0 Å². The monoisotopic (exact) mass is 265 g/mol. The van der Waals surface area contributed by atoms with Crippen molar-refractivity contribution in [3.8, 4) is 5.75 Å². The minimum absolute atomic E-state index is 0.0367. The molecule has 0 saturated carbocycles. The van der Waals surface area contributed by atoms with Crippen molar-refractivity contribution < 1.29 is 9.50 Å². The molecule has 0 aliphatic carbocycles. The van der Waals surface area contributed by atoms with Gasteiger partial charge in [0.1, 0.15) is 0 Å². The van der Waals surface area contributed by atoms with E-state index in [1.165, 1.54) is 12.1 Å². The number of hydrogen-bond acceptors (Lipinski definition) is 3. The van der Waals surface area contributed by atoms with Crippen molar-refractivity contribution in [1.82, 2.24) is 4.98 Å². The molecule has 0 atom stereocenters. The minimum Gasteiger partial charge on any atom is -0.505 e. The fourth-order valence-electron chi connectivity index (χ4n) is 1.57. The Bertz CT molecular complexity index is 557. The number of halogens is 1. The highest BCUT2D eigenvalue weighted by atomic mass is 32.1. The number of thiazole rings is 1. The Morgan fingerprint density at radius 1 is 1.33 bits per heavy atom. The van der Waals surface area contributed by atoms with E-state index in [4.69, 9.17) is 5.11 Å². The zero-order valence-corrected chi connectivity index (χ0v) is 11.5. The van der Waals surface area contributed by atoms with Gasteiger partial charge in [-0.25, -0.2) is 9.37 Å². The van der Waals surface area contributed by atoms with Crippen molar-refractivity contribution in [2.45, 2.75) is 32.6 Å². The molecular weight excluding hydrogens is 249 g/mol. The SMILES string of the molecule is CC(C)(C)c1csc(Cc2ccc(O)c(F)c2)n1. The third-order valence-electron chi connectivity index (χ3n) is 2.69. The van der Waals surface area contributed by atoms with Gasteiger partial charge in [-0.15, -0.1) is 11.3 Å². The van der Waals surface area contributed by atoms with Crippen molar-refractivity contribution in [3.05, 3.63) is 45.7 Å². The van der Waals surface area contributed by atoms with Crippen LogP contribution in [0.1, 0.15) is 37.0 Å². The summed E-state index contributed by atoms with van der Waals surface area (Å²) in [5.41, 5.74) is 1.91. The Balaban J connectivity index is 2.19. The van der Waals surface area contributed by atoms with Crippen LogP contribution < -0.4 is 0 Å². The van der Waals surface area contributed by atoms with Crippen molar-refractivity contribution in [3.63, 3.8) is 0 Å². The van der Waals surface area contributed by atoms with Gasteiger partial charge in [0, 0.05) is 17.2 Å². The van der Waals surface area contributed by atoms with E-state index >= 15 is 0 Å². The summed E-state index contributed by atoms with van der Waals surface area (Å²) in [5, 5.41) is 12.1. The quantitative estimate of drug-likeness (QED) is 0.894. The van der Waals surface area contributed by atoms with Crippen LogP contribution in [0, 0.1) is 5.82 Å². The summed E-state index contributed by atoms with van der Waals surface area (Å²) in [4.78, 5) is 4.56. The molecule has 0 bridgehead atoms. The van der Waals surface area contributed by atoms with Crippen molar-refractivity contribution >= 4 is 11.3 Å². The first-order valence-electron chi connectivity index (χ1n) is 5.78. The summed E-state index contributed by atoms with van der Waals surface area (Å²) >= 11 is 1.59. The van der Waals surface area contributed by atoms with Gasteiger partial charge in [-0.1, -0.05) is 26.8 Å². The van der Waals surface area contributed by atoms with Crippen molar-refractivity contribution in [2.75, 3.05) is 0 Å². The molecule has 96 valence electrons. The summed E-state index contributed by atoms with van der Waals surface area (Å²) in [6, 6.07) is 4.45. The van der Waals surface area contributed by atoms with Crippen LogP contribution in [-0.2, 0) is 11.8 Å². The predicted molar refractivity (Wildman–Crippen MR) is 71.7 cm³/mol. The van der Waals surface area contributed by atoms with Crippen LogP contribution in [0.5, 0.6) is 5.75 Å². The molecule has 0 radical (unpaired) electrons. The third kappa shape index (κ3) is 2.88. The van der Waals surface area contributed by atoms with Gasteiger partial charge in [0.05, 0.1) is 10.7 Å². The zero-order valence-electron chi connectivity index (χ0n) is 10.7. The van der Waals surface area contributed by atoms with E-state index in [0.717, 1.165) is 16.3 Å². The number of aromatic nitrogens is 1. The number of phenolic OH excluding ortho intramolecular Hbond substituents is 1. The lowest BCUT2D eigenvalue weighted by Gasteiger charge is -2.14. The molecule has 0 fully saturated rings. The normalized spacial score (nSPS) is 11.8. The molecule has 2 nitrogen and oxygen atoms in total. The Labute approximate surface area is 110 Å². The van der Waals surface area contributed by atoms with Gasteiger partial charge in [0.25, 0.3) is 0 Å². The molecule has 1 heterocycles. The number of rotatable bonds is 2. The number of nitrogens with zero attached hydrogens (tertiary/aromatic N) is 1. The summed E-state index contributed by atoms with van der Waals surface area (Å²) in [6.07, 6.45) is 0.595. The predicted octanol–water partition coefficient (Wildman–Crippen LogP) is 3.88. The minimum atomic E-state index is -0.583. The molecule has 0 aliphatic rings. The van der Waals surface area contributed by atoms with Crippen LogP contribution in [0.15, 0.2) is 23.6 Å². The molecule has 1 N–H and O–H groups in total. The first kappa shape index (κ1) is 13.0. The highest BCUT2D eigenvalue weighted by Crippen LogP contribution is 2.25. The Hall–Kier alpha value is -1.42. The third-order valence-corrected chi connectivity index (χ3v) is 3.54. The first-order valence-corrected chi connectivity index (χ1v) is 6.66. The molecule has 0 aliphatic heterocycles. The highest BCUT2D eigenvalue weighted by molar-refractivity contribution is 7.09. The molecule has 1 aromatic heterocycles. The van der Waals surface area contributed by atoms with E-state index in [9.17, 15) is 4.39 Å². The average Bonchev–Trinajstić information content (AvgIpc) is 2.72. The Morgan fingerprint density at radius 3 is 2.61 bits per heavy atom. The maximum atomic E-state index is 13.2. The second-order valence-electron chi connectivity index (χ2n) is 5.34. The van der Waals surface area contributed by atoms with Crippen molar-refractivity contribution in [2.24, 2.45) is 0 Å². The van der Waals surface area contributed by atoms with Crippen LogP contribution in [0.2, 0.25) is 0 Å². The van der Waals surface area contributed by atoms with E-state index in [2.05, 4.69) is 25.8 Å². The maximum absolute atomic E-state index is 13.2. The van der Waals surface area contributed by atoms with Crippen LogP contribution in [0.3, 0.4) is 0 Å². The molecular formula is C14H16FNOS. The standard InChI is InChI=1S/C14H16FNOS/c1-14(2,3)12-8-18-13(16-12)7-9-4-5-11(17)10(15)6-9/h4-6,8,17H,7H2,1-3H3. The summed E-state index contributed by atoms with van der Waals surface area (Å²) in [6.45, 7) is 6.35. The lowest BCUT2D eigenvalue weighted by atomic mass is 9.93. The van der Waals surface area contributed by atoms with E-state index in [1.807, 2.05) is 5.38 Å². The fourth-order valence-corrected chi connectivity index (χ4v) is 2.63. The molecule has 0 saturated heterocycles. The smallest absolute Gasteiger partial charge is 0.165 e. The van der Waals surface area contributed by atoms with Gasteiger partial charge in [0.15, 0.2) is 11.6 Å². The Morgan fingerprint density at radius 2 is 2.06 bits per heavy atom. The molecule has 0 amide bonds. The van der Waals surface area contributed by atoms with Crippen LogP contribution in [0.25, 0.3) is 0 Å². The lowest BCUT2D eigenvalue weighted by molar-refractivity contribution is 0.432. The highest BCUT2D eigenvalue weighted by Gasteiger charge is 2.17. The van der Waals surface area contributed by atoms with Crippen molar-refractivity contribution in [1.29, 1.82) is 0 Å². The van der Waals surface area contributed by atoms with Gasteiger partial charge < -0.3 is 5.11 Å². The number of benzene rings is 1. The van der Waals surface area contributed by atoms with Gasteiger partial charge in [-0.05, 0) is 17.7 Å². The maximum Gasteiger partial charge on any atom is 0.165 e. The van der Waals surface area contributed by atoms with E-state index in [1.54, 1.807) is 17.4 Å². The average molecular weight is 265 g/mol. The Kier molecular flexibility index (Phi) is 3.39. The molecule has 0 spiro atoms. The zero-order chi connectivity index (χ0) is 13.3. The number of hydrogen-bond donors (Lipinski definition) is 1. The second-order valence-corrected chi connectivity index (χ2v) is 6.28.